The van der Waals surface area contributed by atoms with E-state index in [1.807, 2.05) is 37.3 Å². The second-order valence-corrected chi connectivity index (χ2v) is 6.73. The molecule has 0 aliphatic rings. The van der Waals surface area contributed by atoms with Crippen LogP contribution in [0.15, 0.2) is 72.8 Å². The van der Waals surface area contributed by atoms with Crippen molar-refractivity contribution >= 4 is 17.6 Å². The van der Waals surface area contributed by atoms with Gasteiger partial charge in [-0.3, -0.25) is 0 Å². The molecule has 0 aromatic heterocycles. The van der Waals surface area contributed by atoms with Crippen molar-refractivity contribution in [2.75, 3.05) is 5.32 Å². The highest BCUT2D eigenvalue weighted by Crippen LogP contribution is 2.26. The molecule has 3 rings (SSSR count). The average molecular weight is 377 g/mol. The first-order valence-corrected chi connectivity index (χ1v) is 9.18. The van der Waals surface area contributed by atoms with Crippen LogP contribution in [0.4, 0.5) is 15.8 Å². The van der Waals surface area contributed by atoms with E-state index in [0.717, 1.165) is 16.9 Å². The molecular formula is C23H24FN3O. The van der Waals surface area contributed by atoms with E-state index >= 15 is 0 Å². The van der Waals surface area contributed by atoms with E-state index in [4.69, 9.17) is 15.9 Å². The van der Waals surface area contributed by atoms with E-state index in [2.05, 4.69) is 17.4 Å². The smallest absolute Gasteiger partial charge is 0.123 e. The molecular weight excluding hydrogens is 353 g/mol. The Labute approximate surface area is 164 Å². The third-order valence-corrected chi connectivity index (χ3v) is 4.46. The lowest BCUT2D eigenvalue weighted by Crippen LogP contribution is -2.38. The SMILES string of the molecule is C[C@H](N)[C@@H](Cc1ccccc1)Oc1ccc(Nc2ccc(F)cc2)c(C=N)c1. The first-order chi connectivity index (χ1) is 13.5. The van der Waals surface area contributed by atoms with Crippen LogP contribution in [-0.4, -0.2) is 18.4 Å². The second-order valence-electron chi connectivity index (χ2n) is 6.73. The number of anilines is 2. The summed E-state index contributed by atoms with van der Waals surface area (Å²) < 4.78 is 19.2. The van der Waals surface area contributed by atoms with Gasteiger partial charge in [0.25, 0.3) is 0 Å². The van der Waals surface area contributed by atoms with Gasteiger partial charge in [0.15, 0.2) is 0 Å². The highest BCUT2D eigenvalue weighted by molar-refractivity contribution is 5.88. The zero-order valence-electron chi connectivity index (χ0n) is 15.7. The van der Waals surface area contributed by atoms with Crippen LogP contribution < -0.4 is 15.8 Å². The summed E-state index contributed by atoms with van der Waals surface area (Å²) >= 11 is 0. The van der Waals surface area contributed by atoms with Crippen LogP contribution in [0.25, 0.3) is 0 Å². The molecule has 0 amide bonds. The van der Waals surface area contributed by atoms with Gasteiger partial charge >= 0.3 is 0 Å². The van der Waals surface area contributed by atoms with Gasteiger partial charge in [-0.15, -0.1) is 0 Å². The number of halogens is 1. The molecule has 0 saturated heterocycles. The Kier molecular flexibility index (Phi) is 6.40. The Morgan fingerprint density at radius 1 is 1.07 bits per heavy atom. The van der Waals surface area contributed by atoms with E-state index < -0.39 is 0 Å². The van der Waals surface area contributed by atoms with Gasteiger partial charge in [0.2, 0.25) is 0 Å². The van der Waals surface area contributed by atoms with E-state index in [1.165, 1.54) is 18.3 Å². The fourth-order valence-corrected chi connectivity index (χ4v) is 2.89. The van der Waals surface area contributed by atoms with E-state index in [9.17, 15) is 4.39 Å². The Balaban J connectivity index is 1.76. The Morgan fingerprint density at radius 2 is 1.79 bits per heavy atom. The summed E-state index contributed by atoms with van der Waals surface area (Å²) in [6.45, 7) is 1.93. The van der Waals surface area contributed by atoms with E-state index in [1.54, 1.807) is 18.2 Å². The van der Waals surface area contributed by atoms with Crippen molar-refractivity contribution in [2.45, 2.75) is 25.5 Å². The fourth-order valence-electron chi connectivity index (χ4n) is 2.89. The molecule has 2 atom stereocenters. The lowest BCUT2D eigenvalue weighted by molar-refractivity contribution is 0.177. The molecule has 0 spiro atoms. The average Bonchev–Trinajstić information content (AvgIpc) is 2.71. The van der Waals surface area contributed by atoms with Gasteiger partial charge in [0, 0.05) is 35.6 Å². The molecule has 0 bridgehead atoms. The zero-order chi connectivity index (χ0) is 19.9. The molecule has 0 unspecified atom stereocenters. The monoisotopic (exact) mass is 377 g/mol. The summed E-state index contributed by atoms with van der Waals surface area (Å²) in [4.78, 5) is 0. The van der Waals surface area contributed by atoms with Gasteiger partial charge in [0.1, 0.15) is 17.7 Å². The van der Waals surface area contributed by atoms with Gasteiger partial charge < -0.3 is 21.2 Å². The van der Waals surface area contributed by atoms with Crippen LogP contribution in [0.2, 0.25) is 0 Å². The molecule has 5 heteroatoms. The summed E-state index contributed by atoms with van der Waals surface area (Å²) in [5, 5.41) is 10.9. The van der Waals surface area contributed by atoms with Gasteiger partial charge in [0.05, 0.1) is 0 Å². The van der Waals surface area contributed by atoms with Gasteiger partial charge in [-0.1, -0.05) is 30.3 Å². The number of nitrogens with one attached hydrogen (secondary N) is 2. The lowest BCUT2D eigenvalue weighted by Gasteiger charge is -2.23. The summed E-state index contributed by atoms with van der Waals surface area (Å²) in [5.41, 5.74) is 9.46. The predicted octanol–water partition coefficient (Wildman–Crippen LogP) is 4.90. The Bertz CT molecular complexity index is 911. The Morgan fingerprint density at radius 3 is 2.43 bits per heavy atom. The minimum absolute atomic E-state index is 0.152. The van der Waals surface area contributed by atoms with Crippen molar-refractivity contribution in [3.63, 3.8) is 0 Å². The minimum Gasteiger partial charge on any atom is -0.488 e. The molecule has 0 saturated carbocycles. The molecule has 4 N–H and O–H groups in total. The van der Waals surface area contributed by atoms with Crippen LogP contribution in [0.3, 0.4) is 0 Å². The molecule has 4 nitrogen and oxygen atoms in total. The minimum atomic E-state index is -0.290. The topological polar surface area (TPSA) is 71.1 Å². The third kappa shape index (κ3) is 5.18. The molecule has 0 radical (unpaired) electrons. The highest BCUT2D eigenvalue weighted by Gasteiger charge is 2.17. The molecule has 0 fully saturated rings. The maximum atomic E-state index is 13.1. The zero-order valence-corrected chi connectivity index (χ0v) is 15.7. The van der Waals surface area contributed by atoms with Crippen molar-refractivity contribution in [1.82, 2.24) is 0 Å². The van der Waals surface area contributed by atoms with Crippen LogP contribution in [0.1, 0.15) is 18.1 Å². The third-order valence-electron chi connectivity index (χ3n) is 4.46. The quantitative estimate of drug-likeness (QED) is 0.489. The Hall–Kier alpha value is -3.18. The van der Waals surface area contributed by atoms with Crippen LogP contribution in [0, 0.1) is 11.2 Å². The maximum Gasteiger partial charge on any atom is 0.123 e. The maximum absolute atomic E-state index is 13.1. The standard InChI is InChI=1S/C23H24FN3O/c1-16(26)23(13-17-5-3-2-4-6-17)28-21-11-12-22(18(14-21)15-25)27-20-9-7-19(24)8-10-20/h2-12,14-16,23,25,27H,13,26H2,1H3/t16-,23+/m0/s1. The summed E-state index contributed by atoms with van der Waals surface area (Å²) in [6, 6.07) is 21.5. The molecule has 3 aromatic carbocycles. The van der Waals surface area contributed by atoms with Gasteiger partial charge in [-0.25, -0.2) is 4.39 Å². The van der Waals surface area contributed by atoms with Crippen molar-refractivity contribution in [3.05, 3.63) is 89.7 Å². The lowest BCUT2D eigenvalue weighted by atomic mass is 10.0. The highest BCUT2D eigenvalue weighted by atomic mass is 19.1. The molecule has 0 aliphatic carbocycles. The number of hydrogen-bond acceptors (Lipinski definition) is 4. The summed E-state index contributed by atoms with van der Waals surface area (Å²) in [6.07, 6.45) is 1.78. The normalized spacial score (nSPS) is 12.8. The molecule has 3 aromatic rings. The number of rotatable bonds is 8. The van der Waals surface area contributed by atoms with Crippen molar-refractivity contribution < 1.29 is 9.13 Å². The first-order valence-electron chi connectivity index (χ1n) is 9.18. The molecule has 28 heavy (non-hydrogen) atoms. The number of hydrogen-bond donors (Lipinski definition) is 3. The van der Waals surface area contributed by atoms with Crippen LogP contribution in [0.5, 0.6) is 5.75 Å². The van der Waals surface area contributed by atoms with Gasteiger partial charge in [-0.2, -0.15) is 0 Å². The molecule has 144 valence electrons. The molecule has 0 aliphatic heterocycles. The second kappa shape index (κ2) is 9.15. The van der Waals surface area contributed by atoms with Crippen LogP contribution in [-0.2, 0) is 6.42 Å². The van der Waals surface area contributed by atoms with Crippen molar-refractivity contribution in [1.29, 1.82) is 5.41 Å². The van der Waals surface area contributed by atoms with Crippen molar-refractivity contribution in [2.24, 2.45) is 5.73 Å². The van der Waals surface area contributed by atoms with Crippen LogP contribution >= 0.6 is 0 Å². The first kappa shape index (κ1) is 19.6. The predicted molar refractivity (Wildman–Crippen MR) is 112 cm³/mol. The number of nitrogens with two attached hydrogens (primary N) is 1. The number of benzene rings is 3. The fraction of sp³-hybridized carbons (Fsp3) is 0.174. The van der Waals surface area contributed by atoms with Gasteiger partial charge in [-0.05, 0) is 55.0 Å². The number of ether oxygens (including phenoxy) is 1. The molecule has 0 heterocycles. The summed E-state index contributed by atoms with van der Waals surface area (Å²) in [5.74, 6) is 0.364. The van der Waals surface area contributed by atoms with E-state index in [-0.39, 0.29) is 18.0 Å². The largest absolute Gasteiger partial charge is 0.488 e. The summed E-state index contributed by atoms with van der Waals surface area (Å²) in [7, 11) is 0. The van der Waals surface area contributed by atoms with Crippen molar-refractivity contribution in [3.8, 4) is 5.75 Å². The van der Waals surface area contributed by atoms with E-state index in [0.29, 0.717) is 17.7 Å².